The van der Waals surface area contributed by atoms with Crippen molar-refractivity contribution < 1.29 is 0 Å². The lowest BCUT2D eigenvalue weighted by Crippen LogP contribution is -2.39. The third-order valence-corrected chi connectivity index (χ3v) is 1.94. The molecule has 0 bridgehead atoms. The summed E-state index contributed by atoms with van der Waals surface area (Å²) in [5.41, 5.74) is -0.463. The zero-order chi connectivity index (χ0) is 10.0. The van der Waals surface area contributed by atoms with Gasteiger partial charge in [-0.05, 0) is 20.8 Å². The molecule has 0 aliphatic rings. The second-order valence-corrected chi connectivity index (χ2v) is 3.19. The van der Waals surface area contributed by atoms with Crippen LogP contribution in [0.1, 0.15) is 26.8 Å². The Bertz CT molecular complexity index is 401. The minimum Gasteiger partial charge on any atom is -0.301 e. The molecule has 0 N–H and O–H groups in total. The highest BCUT2D eigenvalue weighted by Gasteiger charge is 2.06. The molecule has 0 unspecified atom stereocenters. The molecule has 1 aromatic rings. The van der Waals surface area contributed by atoms with Crippen LogP contribution in [0.3, 0.4) is 0 Å². The van der Waals surface area contributed by atoms with Crippen LogP contribution >= 0.6 is 0 Å². The largest absolute Gasteiger partial charge is 0.331 e. The van der Waals surface area contributed by atoms with E-state index < -0.39 is 0 Å². The Morgan fingerprint density at radius 1 is 1.38 bits per heavy atom. The third kappa shape index (κ3) is 1.71. The van der Waals surface area contributed by atoms with Crippen LogP contribution in [0.4, 0.5) is 0 Å². The van der Waals surface area contributed by atoms with E-state index in [9.17, 15) is 9.59 Å². The van der Waals surface area contributed by atoms with Crippen LogP contribution in [-0.2, 0) is 6.54 Å². The normalized spacial score (nSPS) is 10.8. The van der Waals surface area contributed by atoms with Crippen molar-refractivity contribution in [3.05, 3.63) is 33.1 Å². The maximum Gasteiger partial charge on any atom is 0.331 e. The highest BCUT2D eigenvalue weighted by molar-refractivity contribution is 4.87. The van der Waals surface area contributed by atoms with Gasteiger partial charge in [-0.2, -0.15) is 0 Å². The summed E-state index contributed by atoms with van der Waals surface area (Å²) in [4.78, 5) is 22.9. The highest BCUT2D eigenvalue weighted by atomic mass is 16.2. The van der Waals surface area contributed by atoms with Gasteiger partial charge < -0.3 is 4.57 Å². The number of aromatic nitrogens is 2. The summed E-state index contributed by atoms with van der Waals surface area (Å²) >= 11 is 0. The fraction of sp³-hybridized carbons (Fsp3) is 0.556. The first-order chi connectivity index (χ1) is 6.07. The van der Waals surface area contributed by atoms with Crippen LogP contribution in [0.2, 0.25) is 0 Å². The number of hydrogen-bond acceptors (Lipinski definition) is 2. The van der Waals surface area contributed by atoms with Crippen molar-refractivity contribution in [3.63, 3.8) is 0 Å². The van der Waals surface area contributed by atoms with E-state index in [-0.39, 0.29) is 17.3 Å². The zero-order valence-electron chi connectivity index (χ0n) is 8.15. The van der Waals surface area contributed by atoms with Gasteiger partial charge in [-0.3, -0.25) is 9.36 Å². The summed E-state index contributed by atoms with van der Waals surface area (Å²) in [6, 6.07) is 1.34. The minimum absolute atomic E-state index is 0.0843. The van der Waals surface area contributed by atoms with Gasteiger partial charge in [0.1, 0.15) is 0 Å². The second kappa shape index (κ2) is 3.60. The molecule has 0 radical (unpaired) electrons. The molecular formula is C9H14N2O2. The van der Waals surface area contributed by atoms with Gasteiger partial charge >= 0.3 is 5.69 Å². The summed E-state index contributed by atoms with van der Waals surface area (Å²) < 4.78 is 2.77. The third-order valence-electron chi connectivity index (χ3n) is 1.94. The van der Waals surface area contributed by atoms with Gasteiger partial charge in [-0.25, -0.2) is 4.79 Å². The van der Waals surface area contributed by atoms with Crippen LogP contribution in [0.15, 0.2) is 21.9 Å². The van der Waals surface area contributed by atoms with Gasteiger partial charge in [0.2, 0.25) is 0 Å². The summed E-state index contributed by atoms with van der Waals surface area (Å²) in [7, 11) is 0. The van der Waals surface area contributed by atoms with Crippen molar-refractivity contribution in [1.29, 1.82) is 0 Å². The van der Waals surface area contributed by atoms with Gasteiger partial charge in [0.15, 0.2) is 0 Å². The first kappa shape index (κ1) is 9.77. The molecule has 0 saturated heterocycles. The van der Waals surface area contributed by atoms with Gasteiger partial charge in [0.25, 0.3) is 5.56 Å². The molecule has 72 valence electrons. The molecule has 0 atom stereocenters. The van der Waals surface area contributed by atoms with E-state index in [4.69, 9.17) is 0 Å². The van der Waals surface area contributed by atoms with Crippen LogP contribution < -0.4 is 11.2 Å². The van der Waals surface area contributed by atoms with E-state index in [0.717, 1.165) is 0 Å². The first-order valence-corrected chi connectivity index (χ1v) is 4.40. The van der Waals surface area contributed by atoms with Crippen molar-refractivity contribution in [3.8, 4) is 0 Å². The van der Waals surface area contributed by atoms with E-state index in [0.29, 0.717) is 6.54 Å². The summed E-state index contributed by atoms with van der Waals surface area (Å²) in [6.45, 7) is 6.11. The van der Waals surface area contributed by atoms with Gasteiger partial charge in [-0.1, -0.05) is 0 Å². The van der Waals surface area contributed by atoms with Crippen molar-refractivity contribution in [1.82, 2.24) is 9.13 Å². The maximum absolute atomic E-state index is 11.6. The van der Waals surface area contributed by atoms with E-state index in [1.165, 1.54) is 21.4 Å². The van der Waals surface area contributed by atoms with Gasteiger partial charge in [-0.15, -0.1) is 0 Å². The molecule has 4 heteroatoms. The zero-order valence-corrected chi connectivity index (χ0v) is 8.15. The topological polar surface area (TPSA) is 44.0 Å². The van der Waals surface area contributed by atoms with E-state index >= 15 is 0 Å². The second-order valence-electron chi connectivity index (χ2n) is 3.19. The highest BCUT2D eigenvalue weighted by Crippen LogP contribution is 1.93. The lowest BCUT2D eigenvalue weighted by atomic mass is 10.4. The van der Waals surface area contributed by atoms with Crippen molar-refractivity contribution in [2.45, 2.75) is 33.4 Å². The molecule has 1 aromatic heterocycles. The average molecular weight is 182 g/mol. The van der Waals surface area contributed by atoms with Crippen molar-refractivity contribution in [2.24, 2.45) is 0 Å². The van der Waals surface area contributed by atoms with Crippen LogP contribution in [0.5, 0.6) is 0 Å². The summed E-state index contributed by atoms with van der Waals surface area (Å²) in [6.07, 6.45) is 1.53. The molecule has 13 heavy (non-hydrogen) atoms. The number of aryl methyl sites for hydroxylation is 1. The number of hydrogen-bond donors (Lipinski definition) is 0. The molecule has 0 amide bonds. The summed E-state index contributed by atoms with van der Waals surface area (Å²) in [5.74, 6) is 0. The predicted octanol–water partition coefficient (Wildman–Crippen LogP) is 0.611. The van der Waals surface area contributed by atoms with Gasteiger partial charge in [0.05, 0.1) is 0 Å². The first-order valence-electron chi connectivity index (χ1n) is 4.40. The molecule has 4 nitrogen and oxygen atoms in total. The molecule has 0 fully saturated rings. The Balaban J connectivity index is 3.49. The Kier molecular flexibility index (Phi) is 2.70. The van der Waals surface area contributed by atoms with E-state index in [2.05, 4.69) is 0 Å². The molecule has 0 aromatic carbocycles. The van der Waals surface area contributed by atoms with E-state index in [1.54, 1.807) is 0 Å². The van der Waals surface area contributed by atoms with Gasteiger partial charge in [0, 0.05) is 24.8 Å². The monoisotopic (exact) mass is 182 g/mol. The SMILES string of the molecule is CCn1ccc(=O)n(C(C)C)c1=O. The molecule has 0 aliphatic carbocycles. The van der Waals surface area contributed by atoms with Crippen LogP contribution in [0.25, 0.3) is 0 Å². The Labute approximate surface area is 76.4 Å². The van der Waals surface area contributed by atoms with Crippen LogP contribution in [0, 0.1) is 0 Å². The van der Waals surface area contributed by atoms with Crippen molar-refractivity contribution in [2.75, 3.05) is 0 Å². The lowest BCUT2D eigenvalue weighted by Gasteiger charge is -2.10. The molecule has 0 saturated carbocycles. The standard InChI is InChI=1S/C9H14N2O2/c1-4-10-6-5-8(12)11(7(2)3)9(10)13/h5-7H,4H2,1-3H3. The molecule has 0 aliphatic heterocycles. The van der Waals surface area contributed by atoms with Crippen LogP contribution in [-0.4, -0.2) is 9.13 Å². The average Bonchev–Trinajstić information content (AvgIpc) is 2.04. The maximum atomic E-state index is 11.6. The molecular weight excluding hydrogens is 168 g/mol. The summed E-state index contributed by atoms with van der Waals surface area (Å²) in [5, 5.41) is 0. The quantitative estimate of drug-likeness (QED) is 0.672. The van der Waals surface area contributed by atoms with Crippen molar-refractivity contribution >= 4 is 0 Å². The predicted molar refractivity (Wildman–Crippen MR) is 51.0 cm³/mol. The molecule has 0 spiro atoms. The molecule has 1 rings (SSSR count). The Hall–Kier alpha value is -1.32. The Morgan fingerprint density at radius 2 is 2.00 bits per heavy atom. The fourth-order valence-electron chi connectivity index (χ4n) is 1.25. The minimum atomic E-state index is -0.232. The fourth-order valence-corrected chi connectivity index (χ4v) is 1.25. The molecule has 1 heterocycles. The lowest BCUT2D eigenvalue weighted by molar-refractivity contribution is 0.508. The Morgan fingerprint density at radius 3 is 2.46 bits per heavy atom. The number of nitrogens with zero attached hydrogens (tertiary/aromatic N) is 2. The van der Waals surface area contributed by atoms with E-state index in [1.807, 2.05) is 20.8 Å². The number of rotatable bonds is 2. The smallest absolute Gasteiger partial charge is 0.301 e.